The second-order valence-corrected chi connectivity index (χ2v) is 9.13. The third kappa shape index (κ3) is 4.85. The quantitative estimate of drug-likeness (QED) is 0.421. The maximum Gasteiger partial charge on any atom is 0.251 e. The number of fused-ring (bicyclic) bond motifs is 1. The standard InChI is InChI=1S/C28H27ClN4O/c1-20-2-4-21(5-3-20)19-31-28(34)23-7-6-22-12-13-30-27(26(22)18-23)33-16-14-32(15-17-33)25-10-8-24(29)9-11-25/h2-13,18H,14-17,19H2,1H3,(H,31,34). The van der Waals surface area contributed by atoms with Crippen molar-refractivity contribution in [1.29, 1.82) is 0 Å². The molecule has 0 aliphatic carbocycles. The van der Waals surface area contributed by atoms with Crippen LogP contribution in [0, 0.1) is 6.92 Å². The van der Waals surface area contributed by atoms with Crippen molar-refractivity contribution in [1.82, 2.24) is 10.3 Å². The van der Waals surface area contributed by atoms with Crippen LogP contribution in [0.4, 0.5) is 11.5 Å². The van der Waals surface area contributed by atoms with E-state index in [9.17, 15) is 4.79 Å². The summed E-state index contributed by atoms with van der Waals surface area (Å²) in [4.78, 5) is 22.3. The molecule has 4 aromatic rings. The SMILES string of the molecule is Cc1ccc(CNC(=O)c2ccc3ccnc(N4CCN(c5ccc(Cl)cc5)CC4)c3c2)cc1. The summed E-state index contributed by atoms with van der Waals surface area (Å²) in [6, 6.07) is 24.0. The zero-order valence-corrected chi connectivity index (χ0v) is 19.9. The van der Waals surface area contributed by atoms with Crippen LogP contribution in [0.3, 0.4) is 0 Å². The van der Waals surface area contributed by atoms with Crippen molar-refractivity contribution in [2.45, 2.75) is 13.5 Å². The van der Waals surface area contributed by atoms with E-state index in [2.05, 4.69) is 46.3 Å². The summed E-state index contributed by atoms with van der Waals surface area (Å²) >= 11 is 6.04. The molecule has 1 aliphatic rings. The van der Waals surface area contributed by atoms with E-state index in [1.54, 1.807) is 0 Å². The van der Waals surface area contributed by atoms with Gasteiger partial charge in [0.2, 0.25) is 0 Å². The predicted octanol–water partition coefficient (Wildman–Crippen LogP) is 5.45. The fraction of sp³-hybridized carbons (Fsp3) is 0.214. The van der Waals surface area contributed by atoms with Gasteiger partial charge in [0.25, 0.3) is 5.91 Å². The van der Waals surface area contributed by atoms with Gasteiger partial charge < -0.3 is 15.1 Å². The van der Waals surface area contributed by atoms with Gasteiger partial charge in [-0.2, -0.15) is 0 Å². The first-order valence-electron chi connectivity index (χ1n) is 11.5. The average Bonchev–Trinajstić information content (AvgIpc) is 2.88. The summed E-state index contributed by atoms with van der Waals surface area (Å²) in [5.41, 5.74) is 4.12. The van der Waals surface area contributed by atoms with Gasteiger partial charge in [-0.1, -0.05) is 47.5 Å². The minimum absolute atomic E-state index is 0.0789. The fourth-order valence-corrected chi connectivity index (χ4v) is 4.49. The van der Waals surface area contributed by atoms with Crippen molar-refractivity contribution in [2.24, 2.45) is 0 Å². The molecule has 1 N–H and O–H groups in total. The Labute approximate surface area is 205 Å². The van der Waals surface area contributed by atoms with Gasteiger partial charge in [-0.15, -0.1) is 0 Å². The first-order valence-corrected chi connectivity index (χ1v) is 11.9. The number of anilines is 2. The van der Waals surface area contributed by atoms with Gasteiger partial charge in [0.15, 0.2) is 0 Å². The number of carbonyl (C=O) groups excluding carboxylic acids is 1. The monoisotopic (exact) mass is 470 g/mol. The van der Waals surface area contributed by atoms with Gasteiger partial charge in [0.05, 0.1) is 0 Å². The first kappa shape index (κ1) is 22.2. The van der Waals surface area contributed by atoms with Crippen LogP contribution in [0.5, 0.6) is 0 Å². The second-order valence-electron chi connectivity index (χ2n) is 8.69. The van der Waals surface area contributed by atoms with Gasteiger partial charge in [-0.05, 0) is 60.3 Å². The lowest BCUT2D eigenvalue weighted by Crippen LogP contribution is -2.46. The minimum Gasteiger partial charge on any atom is -0.368 e. The van der Waals surface area contributed by atoms with Crippen molar-refractivity contribution in [3.05, 3.63) is 101 Å². The van der Waals surface area contributed by atoms with E-state index in [0.717, 1.165) is 53.4 Å². The number of amides is 1. The molecular weight excluding hydrogens is 444 g/mol. The Morgan fingerprint density at radius 1 is 0.912 bits per heavy atom. The molecular formula is C28H27ClN4O. The third-order valence-electron chi connectivity index (χ3n) is 6.35. The number of aryl methyl sites for hydroxylation is 1. The van der Waals surface area contributed by atoms with E-state index in [-0.39, 0.29) is 5.91 Å². The molecule has 1 saturated heterocycles. The zero-order chi connectivity index (χ0) is 23.5. The van der Waals surface area contributed by atoms with Crippen LogP contribution in [-0.2, 0) is 6.54 Å². The Morgan fingerprint density at radius 3 is 2.35 bits per heavy atom. The summed E-state index contributed by atoms with van der Waals surface area (Å²) < 4.78 is 0. The van der Waals surface area contributed by atoms with E-state index in [1.807, 2.05) is 54.7 Å². The largest absolute Gasteiger partial charge is 0.368 e. The van der Waals surface area contributed by atoms with Gasteiger partial charge in [-0.3, -0.25) is 4.79 Å². The number of piperazine rings is 1. The van der Waals surface area contributed by atoms with Crippen molar-refractivity contribution < 1.29 is 4.79 Å². The maximum absolute atomic E-state index is 12.9. The highest BCUT2D eigenvalue weighted by Gasteiger charge is 2.20. The van der Waals surface area contributed by atoms with Gasteiger partial charge in [0, 0.05) is 60.6 Å². The topological polar surface area (TPSA) is 48.5 Å². The van der Waals surface area contributed by atoms with Crippen molar-refractivity contribution in [3.63, 3.8) is 0 Å². The average molecular weight is 471 g/mol. The van der Waals surface area contributed by atoms with Crippen molar-refractivity contribution in [3.8, 4) is 0 Å². The van der Waals surface area contributed by atoms with Crippen LogP contribution in [0.15, 0.2) is 79.0 Å². The molecule has 0 spiro atoms. The van der Waals surface area contributed by atoms with Crippen LogP contribution >= 0.6 is 11.6 Å². The highest BCUT2D eigenvalue weighted by Crippen LogP contribution is 2.28. The lowest BCUT2D eigenvalue weighted by atomic mass is 10.1. The van der Waals surface area contributed by atoms with Crippen molar-refractivity contribution in [2.75, 3.05) is 36.0 Å². The highest BCUT2D eigenvalue weighted by molar-refractivity contribution is 6.30. The summed E-state index contributed by atoms with van der Waals surface area (Å²) in [7, 11) is 0. The summed E-state index contributed by atoms with van der Waals surface area (Å²) in [5, 5.41) is 5.88. The number of nitrogens with one attached hydrogen (secondary N) is 1. The van der Waals surface area contributed by atoms with Crippen LogP contribution in [0.2, 0.25) is 5.02 Å². The minimum atomic E-state index is -0.0789. The molecule has 1 aliphatic heterocycles. The number of aromatic nitrogens is 1. The Kier molecular flexibility index (Phi) is 6.37. The Bertz CT molecular complexity index is 1300. The van der Waals surface area contributed by atoms with E-state index in [1.165, 1.54) is 11.3 Å². The fourth-order valence-electron chi connectivity index (χ4n) is 4.36. The molecule has 0 atom stereocenters. The van der Waals surface area contributed by atoms with E-state index >= 15 is 0 Å². The number of rotatable bonds is 5. The number of pyridine rings is 1. The smallest absolute Gasteiger partial charge is 0.251 e. The number of hydrogen-bond donors (Lipinski definition) is 1. The lowest BCUT2D eigenvalue weighted by molar-refractivity contribution is 0.0951. The highest BCUT2D eigenvalue weighted by atomic mass is 35.5. The molecule has 172 valence electrons. The van der Waals surface area contributed by atoms with Gasteiger partial charge in [-0.25, -0.2) is 4.98 Å². The molecule has 0 radical (unpaired) electrons. The van der Waals surface area contributed by atoms with E-state index in [4.69, 9.17) is 16.6 Å². The van der Waals surface area contributed by atoms with Crippen LogP contribution in [-0.4, -0.2) is 37.1 Å². The molecule has 0 unspecified atom stereocenters. The molecule has 1 amide bonds. The van der Waals surface area contributed by atoms with E-state index in [0.29, 0.717) is 12.1 Å². The summed E-state index contributed by atoms with van der Waals surface area (Å²) in [6.07, 6.45) is 1.85. The number of nitrogens with zero attached hydrogens (tertiary/aromatic N) is 3. The lowest BCUT2D eigenvalue weighted by Gasteiger charge is -2.37. The third-order valence-corrected chi connectivity index (χ3v) is 6.60. The Balaban J connectivity index is 1.31. The Morgan fingerprint density at radius 2 is 1.62 bits per heavy atom. The predicted molar refractivity (Wildman–Crippen MR) is 140 cm³/mol. The second kappa shape index (κ2) is 9.74. The molecule has 0 bridgehead atoms. The number of benzene rings is 3. The molecule has 34 heavy (non-hydrogen) atoms. The molecule has 1 fully saturated rings. The molecule has 1 aromatic heterocycles. The molecule has 5 rings (SSSR count). The molecule has 0 saturated carbocycles. The normalized spacial score (nSPS) is 13.8. The maximum atomic E-state index is 12.9. The van der Waals surface area contributed by atoms with E-state index < -0.39 is 0 Å². The molecule has 3 aromatic carbocycles. The summed E-state index contributed by atoms with van der Waals surface area (Å²) in [6.45, 7) is 6.08. The van der Waals surface area contributed by atoms with Gasteiger partial charge >= 0.3 is 0 Å². The number of hydrogen-bond acceptors (Lipinski definition) is 4. The van der Waals surface area contributed by atoms with Crippen LogP contribution in [0.1, 0.15) is 21.5 Å². The van der Waals surface area contributed by atoms with Crippen molar-refractivity contribution >= 4 is 39.8 Å². The number of halogens is 1. The molecule has 5 nitrogen and oxygen atoms in total. The molecule has 2 heterocycles. The van der Waals surface area contributed by atoms with Crippen LogP contribution in [0.25, 0.3) is 10.8 Å². The summed E-state index contributed by atoms with van der Waals surface area (Å²) in [5.74, 6) is 0.853. The number of carbonyl (C=O) groups is 1. The van der Waals surface area contributed by atoms with Crippen LogP contribution < -0.4 is 15.1 Å². The first-order chi connectivity index (χ1) is 16.6. The van der Waals surface area contributed by atoms with Gasteiger partial charge in [0.1, 0.15) is 5.82 Å². The molecule has 6 heteroatoms. The Hall–Kier alpha value is -3.57. The zero-order valence-electron chi connectivity index (χ0n) is 19.2.